The van der Waals surface area contributed by atoms with Gasteiger partial charge in [-0.3, -0.25) is 4.79 Å². The number of nitrogens with two attached hydrogens (primary N) is 1. The topological polar surface area (TPSA) is 43.1 Å². The van der Waals surface area contributed by atoms with E-state index in [1.54, 1.807) is 6.92 Å². The molecule has 0 saturated heterocycles. The van der Waals surface area contributed by atoms with Crippen LogP contribution in [0.25, 0.3) is 0 Å². The maximum Gasteiger partial charge on any atom is 0.149 e. The fourth-order valence-corrected chi connectivity index (χ4v) is 1.95. The van der Waals surface area contributed by atoms with Crippen molar-refractivity contribution in [3.8, 4) is 0 Å². The van der Waals surface area contributed by atoms with E-state index in [-0.39, 0.29) is 17.2 Å². The highest BCUT2D eigenvalue weighted by Gasteiger charge is 2.23. The van der Waals surface area contributed by atoms with Crippen molar-refractivity contribution in [1.29, 1.82) is 0 Å². The van der Waals surface area contributed by atoms with E-state index in [1.807, 2.05) is 0 Å². The molecular weight excluding hydrogens is 210 g/mol. The number of aryl methyl sites for hydroxylation is 1. The number of hydrogen-bond acceptors (Lipinski definition) is 2. The zero-order valence-electron chi connectivity index (χ0n) is 11.3. The van der Waals surface area contributed by atoms with Gasteiger partial charge in [-0.25, -0.2) is 0 Å². The van der Waals surface area contributed by atoms with E-state index in [1.165, 1.54) is 11.1 Å². The fraction of sp³-hybridized carbons (Fsp3) is 0.533. The Hall–Kier alpha value is -1.15. The smallest absolute Gasteiger partial charge is 0.149 e. The van der Waals surface area contributed by atoms with Gasteiger partial charge >= 0.3 is 0 Å². The molecule has 2 heteroatoms. The third-order valence-electron chi connectivity index (χ3n) is 2.96. The van der Waals surface area contributed by atoms with Crippen molar-refractivity contribution in [2.24, 2.45) is 11.1 Å². The van der Waals surface area contributed by atoms with E-state index in [0.29, 0.717) is 6.42 Å². The minimum atomic E-state index is -0.354. The highest BCUT2D eigenvalue weighted by atomic mass is 16.1. The van der Waals surface area contributed by atoms with Gasteiger partial charge in [-0.05, 0) is 31.2 Å². The second-order valence-corrected chi connectivity index (χ2v) is 5.76. The van der Waals surface area contributed by atoms with Crippen molar-refractivity contribution >= 4 is 5.78 Å². The lowest BCUT2D eigenvalue weighted by Crippen LogP contribution is -2.31. The number of Topliss-reactive ketones (excluding diaryl/α,β-unsaturated/α-hetero) is 1. The number of ketones is 1. The van der Waals surface area contributed by atoms with Crippen LogP contribution in [0.15, 0.2) is 24.3 Å². The SMILES string of the molecule is Cc1ccc(CC(C)(C)CC(=O)C(C)N)cc1. The van der Waals surface area contributed by atoms with E-state index in [4.69, 9.17) is 5.73 Å². The first-order valence-electron chi connectivity index (χ1n) is 6.14. The van der Waals surface area contributed by atoms with E-state index in [9.17, 15) is 4.79 Å². The van der Waals surface area contributed by atoms with Gasteiger partial charge in [0.15, 0.2) is 0 Å². The summed E-state index contributed by atoms with van der Waals surface area (Å²) >= 11 is 0. The summed E-state index contributed by atoms with van der Waals surface area (Å²) in [5.41, 5.74) is 8.12. The molecule has 0 aliphatic carbocycles. The Morgan fingerprint density at radius 3 is 2.29 bits per heavy atom. The van der Waals surface area contributed by atoms with Gasteiger partial charge in [-0.2, -0.15) is 0 Å². The number of carbonyl (C=O) groups excluding carboxylic acids is 1. The molecule has 94 valence electrons. The minimum absolute atomic E-state index is 0.0278. The van der Waals surface area contributed by atoms with Crippen molar-refractivity contribution in [3.05, 3.63) is 35.4 Å². The second-order valence-electron chi connectivity index (χ2n) is 5.76. The lowest BCUT2D eigenvalue weighted by molar-refractivity contribution is -0.121. The summed E-state index contributed by atoms with van der Waals surface area (Å²) < 4.78 is 0. The molecule has 0 aromatic heterocycles. The van der Waals surface area contributed by atoms with Gasteiger partial charge < -0.3 is 5.73 Å². The molecule has 0 heterocycles. The summed E-state index contributed by atoms with van der Waals surface area (Å²) in [7, 11) is 0. The highest BCUT2D eigenvalue weighted by molar-refractivity contribution is 5.83. The molecular formula is C15H23NO. The summed E-state index contributed by atoms with van der Waals surface area (Å²) in [6, 6.07) is 8.13. The van der Waals surface area contributed by atoms with Crippen LogP contribution in [-0.2, 0) is 11.2 Å². The van der Waals surface area contributed by atoms with Crippen LogP contribution >= 0.6 is 0 Å². The molecule has 0 amide bonds. The Morgan fingerprint density at radius 1 is 1.29 bits per heavy atom. The standard InChI is InChI=1S/C15H23NO/c1-11-5-7-13(8-6-11)9-15(3,4)10-14(17)12(2)16/h5-8,12H,9-10,16H2,1-4H3. The lowest BCUT2D eigenvalue weighted by atomic mass is 9.80. The zero-order valence-corrected chi connectivity index (χ0v) is 11.3. The molecule has 1 unspecified atom stereocenters. The van der Waals surface area contributed by atoms with Crippen LogP contribution in [0.4, 0.5) is 0 Å². The van der Waals surface area contributed by atoms with Crippen molar-refractivity contribution in [1.82, 2.24) is 0 Å². The number of benzene rings is 1. The van der Waals surface area contributed by atoms with Crippen LogP contribution in [0, 0.1) is 12.3 Å². The Kier molecular flexibility index (Phi) is 4.47. The van der Waals surface area contributed by atoms with Gasteiger partial charge in [0.05, 0.1) is 6.04 Å². The molecule has 0 bridgehead atoms. The lowest BCUT2D eigenvalue weighted by Gasteiger charge is -2.24. The molecule has 2 nitrogen and oxygen atoms in total. The Balaban J connectivity index is 2.66. The van der Waals surface area contributed by atoms with Crippen molar-refractivity contribution in [2.45, 2.75) is 46.6 Å². The monoisotopic (exact) mass is 233 g/mol. The van der Waals surface area contributed by atoms with Gasteiger partial charge in [-0.15, -0.1) is 0 Å². The molecule has 0 aliphatic heterocycles. The molecule has 1 atom stereocenters. The molecule has 0 spiro atoms. The van der Waals surface area contributed by atoms with Gasteiger partial charge in [0.25, 0.3) is 0 Å². The van der Waals surface area contributed by atoms with Gasteiger partial charge in [0.1, 0.15) is 5.78 Å². The Labute approximate surface area is 104 Å². The third-order valence-corrected chi connectivity index (χ3v) is 2.96. The summed E-state index contributed by atoms with van der Waals surface area (Å²) in [6.45, 7) is 8.07. The molecule has 17 heavy (non-hydrogen) atoms. The first kappa shape index (κ1) is 13.9. The highest BCUT2D eigenvalue weighted by Crippen LogP contribution is 2.26. The predicted molar refractivity (Wildman–Crippen MR) is 71.9 cm³/mol. The molecule has 0 fully saturated rings. The first-order valence-corrected chi connectivity index (χ1v) is 6.14. The van der Waals surface area contributed by atoms with E-state index >= 15 is 0 Å². The molecule has 0 radical (unpaired) electrons. The number of rotatable bonds is 5. The second kappa shape index (κ2) is 5.46. The van der Waals surface area contributed by atoms with Gasteiger partial charge in [0, 0.05) is 6.42 Å². The maximum atomic E-state index is 11.7. The van der Waals surface area contributed by atoms with Crippen molar-refractivity contribution in [2.75, 3.05) is 0 Å². The summed E-state index contributed by atoms with van der Waals surface area (Å²) in [4.78, 5) is 11.7. The zero-order chi connectivity index (χ0) is 13.1. The average molecular weight is 233 g/mol. The van der Waals surface area contributed by atoms with Crippen LogP contribution in [0.2, 0.25) is 0 Å². The number of hydrogen-bond donors (Lipinski definition) is 1. The van der Waals surface area contributed by atoms with Crippen LogP contribution in [0.3, 0.4) is 0 Å². The molecule has 1 rings (SSSR count). The molecule has 1 aromatic rings. The van der Waals surface area contributed by atoms with Crippen molar-refractivity contribution < 1.29 is 4.79 Å². The van der Waals surface area contributed by atoms with Gasteiger partial charge in [-0.1, -0.05) is 43.7 Å². The Bertz CT molecular complexity index is 376. The Morgan fingerprint density at radius 2 is 1.82 bits per heavy atom. The van der Waals surface area contributed by atoms with E-state index in [0.717, 1.165) is 6.42 Å². The third kappa shape index (κ3) is 4.70. The summed E-state index contributed by atoms with van der Waals surface area (Å²) in [6.07, 6.45) is 1.45. The first-order chi connectivity index (χ1) is 7.80. The van der Waals surface area contributed by atoms with Crippen LogP contribution in [-0.4, -0.2) is 11.8 Å². The average Bonchev–Trinajstić information content (AvgIpc) is 2.20. The van der Waals surface area contributed by atoms with Crippen LogP contribution < -0.4 is 5.73 Å². The summed E-state index contributed by atoms with van der Waals surface area (Å²) in [5.74, 6) is 0.141. The van der Waals surface area contributed by atoms with E-state index in [2.05, 4.69) is 45.0 Å². The molecule has 0 aliphatic rings. The van der Waals surface area contributed by atoms with Crippen LogP contribution in [0.5, 0.6) is 0 Å². The molecule has 1 aromatic carbocycles. The van der Waals surface area contributed by atoms with Crippen molar-refractivity contribution in [3.63, 3.8) is 0 Å². The number of carbonyl (C=O) groups is 1. The normalized spacial score (nSPS) is 13.5. The quantitative estimate of drug-likeness (QED) is 0.849. The van der Waals surface area contributed by atoms with E-state index < -0.39 is 0 Å². The fourth-order valence-electron chi connectivity index (χ4n) is 1.95. The largest absolute Gasteiger partial charge is 0.322 e. The maximum absolute atomic E-state index is 11.7. The molecule has 0 saturated carbocycles. The van der Waals surface area contributed by atoms with Crippen LogP contribution in [0.1, 0.15) is 38.3 Å². The predicted octanol–water partition coefficient (Wildman–Crippen LogP) is 2.87. The minimum Gasteiger partial charge on any atom is -0.322 e. The molecule has 2 N–H and O–H groups in total. The summed E-state index contributed by atoms with van der Waals surface area (Å²) in [5, 5.41) is 0. The van der Waals surface area contributed by atoms with Gasteiger partial charge in [0.2, 0.25) is 0 Å².